The van der Waals surface area contributed by atoms with Crippen LogP contribution in [0.2, 0.25) is 0 Å². The molecule has 1 N–H and O–H groups in total. The average Bonchev–Trinajstić information content (AvgIpc) is 2.18. The second-order valence-electron chi connectivity index (χ2n) is 5.34. The van der Waals surface area contributed by atoms with Crippen LogP contribution in [0.25, 0.3) is 0 Å². The lowest BCUT2D eigenvalue weighted by Gasteiger charge is -2.21. The molecule has 1 rings (SSSR count). The first kappa shape index (κ1) is 13.6. The molecule has 0 aliphatic rings. The highest BCUT2D eigenvalue weighted by atomic mass is 16.5. The van der Waals surface area contributed by atoms with Gasteiger partial charge in [-0.1, -0.05) is 0 Å². The largest absolute Gasteiger partial charge is 0.496 e. The molecule has 0 spiro atoms. The monoisotopic (exact) mass is 235 g/mol. The maximum absolute atomic E-state index is 12.1. The second kappa shape index (κ2) is 4.78. The van der Waals surface area contributed by atoms with Crippen molar-refractivity contribution >= 4 is 5.91 Å². The predicted molar refractivity (Wildman–Crippen MR) is 69.7 cm³/mol. The van der Waals surface area contributed by atoms with Gasteiger partial charge in [0, 0.05) is 5.54 Å². The summed E-state index contributed by atoms with van der Waals surface area (Å²) in [4.78, 5) is 12.1. The molecule has 0 heterocycles. The van der Waals surface area contributed by atoms with E-state index in [-0.39, 0.29) is 11.4 Å². The van der Waals surface area contributed by atoms with E-state index in [1.165, 1.54) is 0 Å². The third-order valence-corrected chi connectivity index (χ3v) is 2.55. The molecule has 3 heteroatoms. The summed E-state index contributed by atoms with van der Waals surface area (Å²) in [6.45, 7) is 9.86. The van der Waals surface area contributed by atoms with Crippen molar-refractivity contribution in [1.29, 1.82) is 0 Å². The fourth-order valence-corrected chi connectivity index (χ4v) is 1.54. The highest BCUT2D eigenvalue weighted by molar-refractivity contribution is 5.97. The Labute approximate surface area is 103 Å². The van der Waals surface area contributed by atoms with E-state index < -0.39 is 0 Å². The number of amides is 1. The standard InChI is InChI=1S/C14H21NO2/c1-9-7-11(12(17-6)8-10(9)2)13(16)15-14(3,4)5/h7-8H,1-6H3,(H,15,16). The summed E-state index contributed by atoms with van der Waals surface area (Å²) >= 11 is 0. The average molecular weight is 235 g/mol. The summed E-state index contributed by atoms with van der Waals surface area (Å²) in [6.07, 6.45) is 0. The summed E-state index contributed by atoms with van der Waals surface area (Å²) < 4.78 is 5.26. The molecule has 0 aromatic heterocycles. The maximum atomic E-state index is 12.1. The minimum atomic E-state index is -0.249. The summed E-state index contributed by atoms with van der Waals surface area (Å²) in [5, 5.41) is 2.94. The Morgan fingerprint density at radius 2 is 1.71 bits per heavy atom. The van der Waals surface area contributed by atoms with Crippen molar-refractivity contribution in [1.82, 2.24) is 5.32 Å². The van der Waals surface area contributed by atoms with Crippen LogP contribution in [-0.4, -0.2) is 18.6 Å². The third kappa shape index (κ3) is 3.48. The van der Waals surface area contributed by atoms with Crippen LogP contribution in [0.3, 0.4) is 0 Å². The quantitative estimate of drug-likeness (QED) is 0.856. The molecule has 3 nitrogen and oxygen atoms in total. The van der Waals surface area contributed by atoms with E-state index in [0.717, 1.165) is 11.1 Å². The van der Waals surface area contributed by atoms with Crippen molar-refractivity contribution < 1.29 is 9.53 Å². The fourth-order valence-electron chi connectivity index (χ4n) is 1.54. The number of benzene rings is 1. The van der Waals surface area contributed by atoms with E-state index in [1.54, 1.807) is 7.11 Å². The lowest BCUT2D eigenvalue weighted by molar-refractivity contribution is 0.0916. The number of carbonyl (C=O) groups is 1. The molecule has 0 aliphatic heterocycles. The molecule has 1 aromatic carbocycles. The summed E-state index contributed by atoms with van der Waals surface area (Å²) in [6, 6.07) is 3.77. The van der Waals surface area contributed by atoms with Crippen molar-refractivity contribution in [2.45, 2.75) is 40.2 Å². The number of carbonyl (C=O) groups excluding carboxylic acids is 1. The van der Waals surface area contributed by atoms with Crippen molar-refractivity contribution in [2.24, 2.45) is 0 Å². The van der Waals surface area contributed by atoms with Gasteiger partial charge in [0.2, 0.25) is 0 Å². The molecule has 0 fully saturated rings. The van der Waals surface area contributed by atoms with Crippen molar-refractivity contribution in [3.63, 3.8) is 0 Å². The van der Waals surface area contributed by atoms with Crippen LogP contribution in [-0.2, 0) is 0 Å². The van der Waals surface area contributed by atoms with E-state index in [2.05, 4.69) is 5.32 Å². The first-order valence-corrected chi connectivity index (χ1v) is 5.72. The van der Waals surface area contributed by atoms with Crippen LogP contribution < -0.4 is 10.1 Å². The number of aryl methyl sites for hydroxylation is 2. The number of hydrogen-bond acceptors (Lipinski definition) is 2. The van der Waals surface area contributed by atoms with Crippen LogP contribution >= 0.6 is 0 Å². The minimum Gasteiger partial charge on any atom is -0.496 e. The van der Waals surface area contributed by atoms with Gasteiger partial charge < -0.3 is 10.1 Å². The Morgan fingerprint density at radius 1 is 1.18 bits per heavy atom. The van der Waals surface area contributed by atoms with Gasteiger partial charge in [-0.2, -0.15) is 0 Å². The van der Waals surface area contributed by atoms with Crippen LogP contribution in [0.4, 0.5) is 0 Å². The van der Waals surface area contributed by atoms with Gasteiger partial charge in [-0.15, -0.1) is 0 Å². The van der Waals surface area contributed by atoms with Crippen LogP contribution in [0.1, 0.15) is 42.3 Å². The summed E-state index contributed by atoms with van der Waals surface area (Å²) in [7, 11) is 1.58. The lowest BCUT2D eigenvalue weighted by atomic mass is 10.0. The van der Waals surface area contributed by atoms with E-state index in [4.69, 9.17) is 4.74 Å². The zero-order valence-corrected chi connectivity index (χ0v) is 11.5. The van der Waals surface area contributed by atoms with Crippen molar-refractivity contribution in [2.75, 3.05) is 7.11 Å². The molecule has 0 aliphatic carbocycles. The minimum absolute atomic E-state index is 0.0996. The molecule has 0 bridgehead atoms. The molecule has 0 radical (unpaired) electrons. The molecule has 0 atom stereocenters. The second-order valence-corrected chi connectivity index (χ2v) is 5.34. The van der Waals surface area contributed by atoms with Crippen molar-refractivity contribution in [3.05, 3.63) is 28.8 Å². The molecular weight excluding hydrogens is 214 g/mol. The van der Waals surface area contributed by atoms with Crippen LogP contribution in [0.15, 0.2) is 12.1 Å². The normalized spacial score (nSPS) is 11.2. The van der Waals surface area contributed by atoms with Gasteiger partial charge >= 0.3 is 0 Å². The first-order valence-electron chi connectivity index (χ1n) is 5.72. The summed E-state index contributed by atoms with van der Waals surface area (Å²) in [5.74, 6) is 0.521. The van der Waals surface area contributed by atoms with Crippen LogP contribution in [0, 0.1) is 13.8 Å². The molecule has 0 unspecified atom stereocenters. The predicted octanol–water partition coefficient (Wildman–Crippen LogP) is 2.84. The molecule has 1 aromatic rings. The zero-order valence-electron chi connectivity index (χ0n) is 11.5. The highest BCUT2D eigenvalue weighted by Gasteiger charge is 2.19. The fraction of sp³-hybridized carbons (Fsp3) is 0.500. The molecular formula is C14H21NO2. The van der Waals surface area contributed by atoms with E-state index in [0.29, 0.717) is 11.3 Å². The number of ether oxygens (including phenoxy) is 1. The van der Waals surface area contributed by atoms with Gasteiger partial charge in [0.05, 0.1) is 12.7 Å². The Morgan fingerprint density at radius 3 is 2.18 bits per heavy atom. The molecule has 0 saturated carbocycles. The van der Waals surface area contributed by atoms with Gasteiger partial charge in [-0.05, 0) is 57.9 Å². The lowest BCUT2D eigenvalue weighted by Crippen LogP contribution is -2.40. The molecule has 17 heavy (non-hydrogen) atoms. The third-order valence-electron chi connectivity index (χ3n) is 2.55. The molecule has 0 saturated heterocycles. The maximum Gasteiger partial charge on any atom is 0.255 e. The Bertz CT molecular complexity index is 431. The molecule has 94 valence electrons. The Kier molecular flexibility index (Phi) is 3.81. The Hall–Kier alpha value is -1.51. The van der Waals surface area contributed by atoms with Crippen LogP contribution in [0.5, 0.6) is 5.75 Å². The van der Waals surface area contributed by atoms with Gasteiger partial charge in [0.25, 0.3) is 5.91 Å². The smallest absolute Gasteiger partial charge is 0.255 e. The molecule has 1 amide bonds. The Balaban J connectivity index is 3.12. The van der Waals surface area contributed by atoms with E-state index >= 15 is 0 Å². The van der Waals surface area contributed by atoms with Gasteiger partial charge in [0.1, 0.15) is 5.75 Å². The van der Waals surface area contributed by atoms with Gasteiger partial charge in [-0.25, -0.2) is 0 Å². The van der Waals surface area contributed by atoms with Gasteiger partial charge in [-0.3, -0.25) is 4.79 Å². The van der Waals surface area contributed by atoms with E-state index in [1.807, 2.05) is 46.8 Å². The topological polar surface area (TPSA) is 38.3 Å². The highest BCUT2D eigenvalue weighted by Crippen LogP contribution is 2.23. The number of rotatable bonds is 2. The van der Waals surface area contributed by atoms with Crippen molar-refractivity contribution in [3.8, 4) is 5.75 Å². The number of nitrogens with one attached hydrogen (secondary N) is 1. The van der Waals surface area contributed by atoms with Gasteiger partial charge in [0.15, 0.2) is 0 Å². The number of hydrogen-bond donors (Lipinski definition) is 1. The number of methoxy groups -OCH3 is 1. The SMILES string of the molecule is COc1cc(C)c(C)cc1C(=O)NC(C)(C)C. The summed E-state index contributed by atoms with van der Waals surface area (Å²) in [5.41, 5.74) is 2.55. The zero-order chi connectivity index (χ0) is 13.2. The first-order chi connectivity index (χ1) is 7.74. The van der Waals surface area contributed by atoms with E-state index in [9.17, 15) is 4.79 Å².